The molecule has 1 aromatic rings. The number of anilines is 1. The Morgan fingerprint density at radius 1 is 1.32 bits per heavy atom. The molecule has 0 aliphatic heterocycles. The zero-order valence-electron chi connectivity index (χ0n) is 10.8. The SMILES string of the molecule is CN(C)/C=C(/C#N)C(=O)N(C)c1ccc(F)cc1F. The molecule has 0 heterocycles. The van der Waals surface area contributed by atoms with Crippen LogP contribution in [-0.2, 0) is 4.79 Å². The Balaban J connectivity index is 3.09. The normalized spacial score (nSPS) is 10.8. The van der Waals surface area contributed by atoms with Crippen LogP contribution in [0.1, 0.15) is 0 Å². The highest BCUT2D eigenvalue weighted by atomic mass is 19.1. The Kier molecular flexibility index (Phi) is 4.59. The molecule has 0 aromatic heterocycles. The van der Waals surface area contributed by atoms with E-state index in [1.54, 1.807) is 20.2 Å². The predicted octanol–water partition coefficient (Wildman–Crippen LogP) is 1.90. The van der Waals surface area contributed by atoms with Gasteiger partial charge in [-0.15, -0.1) is 0 Å². The van der Waals surface area contributed by atoms with E-state index in [9.17, 15) is 13.6 Å². The van der Waals surface area contributed by atoms with Crippen molar-refractivity contribution >= 4 is 11.6 Å². The number of amides is 1. The molecule has 0 fully saturated rings. The molecule has 0 saturated carbocycles. The van der Waals surface area contributed by atoms with Gasteiger partial charge in [0, 0.05) is 33.4 Å². The first-order valence-electron chi connectivity index (χ1n) is 5.38. The summed E-state index contributed by atoms with van der Waals surface area (Å²) in [7, 11) is 4.63. The van der Waals surface area contributed by atoms with Gasteiger partial charge in [0.25, 0.3) is 5.91 Å². The van der Waals surface area contributed by atoms with Crippen LogP contribution < -0.4 is 4.90 Å². The van der Waals surface area contributed by atoms with Crippen LogP contribution in [0, 0.1) is 23.0 Å². The van der Waals surface area contributed by atoms with Gasteiger partial charge in [0.15, 0.2) is 0 Å². The van der Waals surface area contributed by atoms with Crippen molar-refractivity contribution in [2.24, 2.45) is 0 Å². The number of carbonyl (C=O) groups excluding carboxylic acids is 1. The van der Waals surface area contributed by atoms with Crippen molar-refractivity contribution in [3.05, 3.63) is 41.6 Å². The van der Waals surface area contributed by atoms with E-state index >= 15 is 0 Å². The van der Waals surface area contributed by atoms with Gasteiger partial charge in [-0.2, -0.15) is 5.26 Å². The van der Waals surface area contributed by atoms with Crippen LogP contribution in [0.15, 0.2) is 30.0 Å². The molecule has 1 amide bonds. The molecule has 4 nitrogen and oxygen atoms in total. The number of hydrogen-bond donors (Lipinski definition) is 0. The summed E-state index contributed by atoms with van der Waals surface area (Å²) in [4.78, 5) is 14.5. The lowest BCUT2D eigenvalue weighted by molar-refractivity contribution is -0.114. The number of rotatable bonds is 3. The van der Waals surface area contributed by atoms with E-state index in [0.717, 1.165) is 17.0 Å². The van der Waals surface area contributed by atoms with Crippen molar-refractivity contribution in [3.63, 3.8) is 0 Å². The van der Waals surface area contributed by atoms with Crippen LogP contribution in [0.3, 0.4) is 0 Å². The number of carbonyl (C=O) groups is 1. The summed E-state index contributed by atoms with van der Waals surface area (Å²) in [5.74, 6) is -2.26. The van der Waals surface area contributed by atoms with Gasteiger partial charge >= 0.3 is 0 Å². The summed E-state index contributed by atoms with van der Waals surface area (Å²) >= 11 is 0. The minimum absolute atomic E-state index is 0.0914. The summed E-state index contributed by atoms with van der Waals surface area (Å²) in [6, 6.07) is 4.62. The third kappa shape index (κ3) is 3.52. The van der Waals surface area contributed by atoms with Gasteiger partial charge < -0.3 is 9.80 Å². The lowest BCUT2D eigenvalue weighted by Gasteiger charge is -2.18. The van der Waals surface area contributed by atoms with E-state index in [1.165, 1.54) is 18.1 Å². The van der Waals surface area contributed by atoms with Crippen LogP contribution in [0.5, 0.6) is 0 Å². The van der Waals surface area contributed by atoms with E-state index in [2.05, 4.69) is 0 Å². The minimum atomic E-state index is -0.863. The Morgan fingerprint density at radius 3 is 2.42 bits per heavy atom. The highest BCUT2D eigenvalue weighted by molar-refractivity contribution is 6.07. The molecular weight excluding hydrogens is 252 g/mol. The summed E-state index contributed by atoms with van der Waals surface area (Å²) < 4.78 is 26.3. The van der Waals surface area contributed by atoms with Gasteiger partial charge in [0.05, 0.1) is 5.69 Å². The molecule has 6 heteroatoms. The first-order chi connectivity index (χ1) is 8.86. The average molecular weight is 265 g/mol. The summed E-state index contributed by atoms with van der Waals surface area (Å²) in [5.41, 5.74) is -0.234. The van der Waals surface area contributed by atoms with E-state index in [1.807, 2.05) is 0 Å². The van der Waals surface area contributed by atoms with Crippen LogP contribution in [-0.4, -0.2) is 32.0 Å². The maximum Gasteiger partial charge on any atom is 0.270 e. The monoisotopic (exact) mass is 265 g/mol. The molecule has 0 saturated heterocycles. The van der Waals surface area contributed by atoms with E-state index in [4.69, 9.17) is 5.26 Å². The standard InChI is InChI=1S/C13H13F2N3O/c1-17(2)8-9(7-16)13(19)18(3)12-5-4-10(14)6-11(12)15/h4-6,8H,1-3H3/b9-8-. The smallest absolute Gasteiger partial charge is 0.270 e. The lowest BCUT2D eigenvalue weighted by atomic mass is 10.2. The Hall–Kier alpha value is -2.42. The number of nitrogens with zero attached hydrogens (tertiary/aromatic N) is 3. The number of benzene rings is 1. The fraction of sp³-hybridized carbons (Fsp3) is 0.231. The summed E-state index contributed by atoms with van der Waals surface area (Å²) in [6.07, 6.45) is 1.33. The fourth-order valence-electron chi connectivity index (χ4n) is 1.43. The van der Waals surface area contributed by atoms with E-state index in [0.29, 0.717) is 6.07 Å². The second-order valence-corrected chi connectivity index (χ2v) is 4.08. The van der Waals surface area contributed by atoms with Gasteiger partial charge in [-0.25, -0.2) is 8.78 Å². The fourth-order valence-corrected chi connectivity index (χ4v) is 1.43. The molecule has 0 spiro atoms. The topological polar surface area (TPSA) is 47.3 Å². The third-order valence-electron chi connectivity index (χ3n) is 2.31. The number of hydrogen-bond acceptors (Lipinski definition) is 3. The minimum Gasteiger partial charge on any atom is -0.382 e. The summed E-state index contributed by atoms with van der Waals surface area (Å²) in [5, 5.41) is 8.91. The predicted molar refractivity (Wildman–Crippen MR) is 67.2 cm³/mol. The maximum atomic E-state index is 13.5. The Bertz CT molecular complexity index is 561. The molecule has 0 bridgehead atoms. The van der Waals surface area contributed by atoms with Crippen LogP contribution >= 0.6 is 0 Å². The van der Waals surface area contributed by atoms with Crippen molar-refractivity contribution in [2.75, 3.05) is 26.0 Å². The van der Waals surface area contributed by atoms with Crippen molar-refractivity contribution in [3.8, 4) is 6.07 Å². The third-order valence-corrected chi connectivity index (χ3v) is 2.31. The second-order valence-electron chi connectivity index (χ2n) is 4.08. The first kappa shape index (κ1) is 14.6. The summed E-state index contributed by atoms with van der Waals surface area (Å²) in [6.45, 7) is 0. The highest BCUT2D eigenvalue weighted by Crippen LogP contribution is 2.20. The van der Waals surface area contributed by atoms with Crippen molar-refractivity contribution in [2.45, 2.75) is 0 Å². The zero-order chi connectivity index (χ0) is 14.6. The van der Waals surface area contributed by atoms with Gasteiger partial charge in [-0.05, 0) is 12.1 Å². The molecule has 0 N–H and O–H groups in total. The van der Waals surface area contributed by atoms with Crippen LogP contribution in [0.4, 0.5) is 14.5 Å². The lowest BCUT2D eigenvalue weighted by Crippen LogP contribution is -2.29. The molecule has 0 aliphatic rings. The van der Waals surface area contributed by atoms with Gasteiger partial charge in [-0.1, -0.05) is 0 Å². The van der Waals surface area contributed by atoms with Crippen LogP contribution in [0.2, 0.25) is 0 Å². The largest absolute Gasteiger partial charge is 0.382 e. The second kappa shape index (κ2) is 5.96. The molecule has 1 aromatic carbocycles. The maximum absolute atomic E-state index is 13.5. The van der Waals surface area contributed by atoms with E-state index in [-0.39, 0.29) is 11.3 Å². The van der Waals surface area contributed by atoms with Gasteiger partial charge in [0.1, 0.15) is 23.3 Å². The Labute approximate surface area is 110 Å². The van der Waals surface area contributed by atoms with Crippen molar-refractivity contribution in [1.29, 1.82) is 5.26 Å². The number of nitriles is 1. The molecule has 1 rings (SSSR count). The molecule has 100 valence electrons. The zero-order valence-corrected chi connectivity index (χ0v) is 10.8. The Morgan fingerprint density at radius 2 is 1.95 bits per heavy atom. The van der Waals surface area contributed by atoms with Crippen LogP contribution in [0.25, 0.3) is 0 Å². The molecule has 0 radical (unpaired) electrons. The number of likely N-dealkylation sites (N-methyl/N-ethyl adjacent to an activating group) is 1. The van der Waals surface area contributed by atoms with Gasteiger partial charge in [0.2, 0.25) is 0 Å². The van der Waals surface area contributed by atoms with E-state index < -0.39 is 17.5 Å². The van der Waals surface area contributed by atoms with Gasteiger partial charge in [-0.3, -0.25) is 4.79 Å². The number of halogens is 2. The molecule has 19 heavy (non-hydrogen) atoms. The first-order valence-corrected chi connectivity index (χ1v) is 5.38. The molecular formula is C13H13F2N3O. The van der Waals surface area contributed by atoms with Crippen molar-refractivity contribution < 1.29 is 13.6 Å². The quantitative estimate of drug-likeness (QED) is 0.619. The average Bonchev–Trinajstić information content (AvgIpc) is 2.34. The molecule has 0 aliphatic carbocycles. The molecule has 0 unspecified atom stereocenters. The van der Waals surface area contributed by atoms with Crippen molar-refractivity contribution in [1.82, 2.24) is 4.90 Å². The molecule has 0 atom stereocenters. The highest BCUT2D eigenvalue weighted by Gasteiger charge is 2.19.